The third kappa shape index (κ3) is 5.34. The number of aliphatic hydroxyl groups excluding tert-OH is 1. The summed E-state index contributed by atoms with van der Waals surface area (Å²) < 4.78 is 5.31. The first-order valence-electron chi connectivity index (χ1n) is 7.10. The Morgan fingerprint density at radius 1 is 1.35 bits per heavy atom. The Kier molecular flexibility index (Phi) is 7.32. The number of rotatable bonds is 8. The van der Waals surface area contributed by atoms with Crippen LogP contribution in [0.1, 0.15) is 32.6 Å². The van der Waals surface area contributed by atoms with Crippen LogP contribution >= 0.6 is 0 Å². The van der Waals surface area contributed by atoms with Gasteiger partial charge in [-0.05, 0) is 19.3 Å². The smallest absolute Gasteiger partial charge is 0.332 e. The third-order valence-electron chi connectivity index (χ3n) is 3.30. The molecule has 0 saturated carbocycles. The van der Waals surface area contributed by atoms with E-state index in [0.717, 1.165) is 12.8 Å². The Bertz CT molecular complexity index is 324. The molecular weight excluding hydrogens is 264 g/mol. The van der Waals surface area contributed by atoms with Crippen LogP contribution in [0.2, 0.25) is 0 Å². The van der Waals surface area contributed by atoms with Gasteiger partial charge in [-0.3, -0.25) is 0 Å². The zero-order valence-corrected chi connectivity index (χ0v) is 11.9. The van der Waals surface area contributed by atoms with E-state index in [9.17, 15) is 9.59 Å². The molecule has 7 nitrogen and oxygen atoms in total. The van der Waals surface area contributed by atoms with Crippen molar-refractivity contribution in [2.24, 2.45) is 0 Å². The first kappa shape index (κ1) is 16.7. The second-order valence-corrected chi connectivity index (χ2v) is 4.91. The molecule has 0 aromatic rings. The number of unbranched alkanes of at least 4 members (excludes halogenated alkanes) is 1. The van der Waals surface area contributed by atoms with Gasteiger partial charge in [0.1, 0.15) is 0 Å². The summed E-state index contributed by atoms with van der Waals surface area (Å²) in [7, 11) is 0. The molecule has 1 saturated heterocycles. The van der Waals surface area contributed by atoms with Gasteiger partial charge in [0.05, 0.1) is 12.7 Å². The largest absolute Gasteiger partial charge is 0.479 e. The first-order chi connectivity index (χ1) is 9.58. The maximum atomic E-state index is 11.9. The number of carboxylic acid groups (broad SMARTS) is 1. The molecule has 1 rings (SSSR count). The molecule has 0 aliphatic carbocycles. The zero-order valence-electron chi connectivity index (χ0n) is 11.9. The van der Waals surface area contributed by atoms with Gasteiger partial charge in [0.2, 0.25) is 0 Å². The van der Waals surface area contributed by atoms with E-state index in [1.54, 1.807) is 4.90 Å². The molecule has 2 atom stereocenters. The summed E-state index contributed by atoms with van der Waals surface area (Å²) in [6.45, 7) is 3.17. The van der Waals surface area contributed by atoms with E-state index < -0.39 is 12.1 Å². The summed E-state index contributed by atoms with van der Waals surface area (Å²) in [5.74, 6) is -0.955. The fourth-order valence-electron chi connectivity index (χ4n) is 2.14. The minimum Gasteiger partial charge on any atom is -0.479 e. The predicted molar refractivity (Wildman–Crippen MR) is 72.5 cm³/mol. The van der Waals surface area contributed by atoms with Crippen molar-refractivity contribution in [2.75, 3.05) is 26.2 Å². The molecular formula is C13H24N2O5. The normalized spacial score (nSPS) is 21.7. The van der Waals surface area contributed by atoms with E-state index in [4.69, 9.17) is 14.9 Å². The molecule has 0 aromatic heterocycles. The van der Waals surface area contributed by atoms with Crippen molar-refractivity contribution in [1.29, 1.82) is 0 Å². The number of aliphatic hydroxyl groups is 1. The molecule has 116 valence electrons. The fourth-order valence-corrected chi connectivity index (χ4v) is 2.14. The van der Waals surface area contributed by atoms with E-state index in [0.29, 0.717) is 32.5 Å². The highest BCUT2D eigenvalue weighted by atomic mass is 16.5. The Morgan fingerprint density at radius 3 is 2.65 bits per heavy atom. The van der Waals surface area contributed by atoms with Crippen molar-refractivity contribution in [3.8, 4) is 0 Å². The lowest BCUT2D eigenvalue weighted by Crippen LogP contribution is -2.44. The molecule has 20 heavy (non-hydrogen) atoms. The van der Waals surface area contributed by atoms with Crippen LogP contribution < -0.4 is 5.32 Å². The summed E-state index contributed by atoms with van der Waals surface area (Å²) >= 11 is 0. The first-order valence-corrected chi connectivity index (χ1v) is 7.10. The monoisotopic (exact) mass is 288 g/mol. The van der Waals surface area contributed by atoms with E-state index >= 15 is 0 Å². The molecule has 0 bridgehead atoms. The van der Waals surface area contributed by atoms with Gasteiger partial charge in [-0.15, -0.1) is 0 Å². The van der Waals surface area contributed by atoms with Gasteiger partial charge in [-0.1, -0.05) is 13.3 Å². The van der Waals surface area contributed by atoms with E-state index in [1.165, 1.54) is 0 Å². The van der Waals surface area contributed by atoms with Gasteiger partial charge < -0.3 is 25.2 Å². The highest BCUT2D eigenvalue weighted by molar-refractivity contribution is 5.74. The standard InChI is InChI=1S/C13H24N2O5/c1-2-3-6-15(7-8-16)13(19)14-9-10-4-5-11(20-10)12(17)18/h10-11,16H,2-9H2,1H3,(H,14,19)(H,17,18). The second-order valence-electron chi connectivity index (χ2n) is 4.91. The number of carbonyl (C=O) groups is 2. The lowest BCUT2D eigenvalue weighted by atomic mass is 10.2. The van der Waals surface area contributed by atoms with Gasteiger partial charge in [0.15, 0.2) is 6.10 Å². The van der Waals surface area contributed by atoms with Crippen LogP contribution in [0.25, 0.3) is 0 Å². The van der Waals surface area contributed by atoms with E-state index in [2.05, 4.69) is 5.32 Å². The second kappa shape index (κ2) is 8.76. The van der Waals surface area contributed by atoms with E-state index in [1.807, 2.05) is 6.92 Å². The van der Waals surface area contributed by atoms with Crippen LogP contribution in [-0.4, -0.2) is 65.6 Å². The number of carbonyl (C=O) groups excluding carboxylic acids is 1. The molecule has 1 heterocycles. The topological polar surface area (TPSA) is 99.1 Å². The summed E-state index contributed by atoms with van der Waals surface area (Å²) in [6, 6.07) is -0.241. The van der Waals surface area contributed by atoms with Crippen molar-refractivity contribution in [2.45, 2.75) is 44.8 Å². The molecule has 1 fully saturated rings. The van der Waals surface area contributed by atoms with Gasteiger partial charge in [-0.25, -0.2) is 9.59 Å². The zero-order chi connectivity index (χ0) is 15.0. The quantitative estimate of drug-likeness (QED) is 0.601. The Morgan fingerprint density at radius 2 is 2.10 bits per heavy atom. The van der Waals surface area contributed by atoms with Gasteiger partial charge in [-0.2, -0.15) is 0 Å². The fraction of sp³-hybridized carbons (Fsp3) is 0.846. The van der Waals surface area contributed by atoms with Crippen LogP contribution in [0, 0.1) is 0 Å². The van der Waals surface area contributed by atoms with Crippen molar-refractivity contribution >= 4 is 12.0 Å². The summed E-state index contributed by atoms with van der Waals surface area (Å²) in [5, 5.41) is 20.5. The van der Waals surface area contributed by atoms with Crippen LogP contribution in [-0.2, 0) is 9.53 Å². The number of hydrogen-bond acceptors (Lipinski definition) is 4. The van der Waals surface area contributed by atoms with Gasteiger partial charge in [0.25, 0.3) is 0 Å². The number of amides is 2. The van der Waals surface area contributed by atoms with Crippen molar-refractivity contribution in [3.05, 3.63) is 0 Å². The molecule has 0 spiro atoms. The number of nitrogens with zero attached hydrogens (tertiary/aromatic N) is 1. The van der Waals surface area contributed by atoms with Crippen LogP contribution in [0.5, 0.6) is 0 Å². The third-order valence-corrected chi connectivity index (χ3v) is 3.30. The SMILES string of the molecule is CCCCN(CCO)C(=O)NCC1CCC(C(=O)O)O1. The maximum absolute atomic E-state index is 11.9. The molecule has 3 N–H and O–H groups in total. The minimum absolute atomic E-state index is 0.0713. The number of ether oxygens (including phenoxy) is 1. The summed E-state index contributed by atoms with van der Waals surface area (Å²) in [5.41, 5.74) is 0. The van der Waals surface area contributed by atoms with Crippen molar-refractivity contribution in [3.63, 3.8) is 0 Å². The number of nitrogens with one attached hydrogen (secondary N) is 1. The minimum atomic E-state index is -0.955. The van der Waals surface area contributed by atoms with E-state index in [-0.39, 0.29) is 18.7 Å². The average Bonchev–Trinajstić information content (AvgIpc) is 2.90. The molecule has 1 aliphatic heterocycles. The Labute approximate surface area is 118 Å². The lowest BCUT2D eigenvalue weighted by molar-refractivity contribution is -0.149. The number of urea groups is 1. The van der Waals surface area contributed by atoms with Crippen LogP contribution in [0.4, 0.5) is 4.79 Å². The molecule has 0 aromatic carbocycles. The van der Waals surface area contributed by atoms with Gasteiger partial charge >= 0.3 is 12.0 Å². The number of hydrogen-bond donors (Lipinski definition) is 3. The Balaban J connectivity index is 2.32. The maximum Gasteiger partial charge on any atom is 0.332 e. The molecule has 7 heteroatoms. The van der Waals surface area contributed by atoms with Gasteiger partial charge in [0, 0.05) is 19.6 Å². The Hall–Kier alpha value is -1.34. The van der Waals surface area contributed by atoms with Crippen LogP contribution in [0.15, 0.2) is 0 Å². The van der Waals surface area contributed by atoms with Crippen molar-refractivity contribution < 1.29 is 24.5 Å². The summed E-state index contributed by atoms with van der Waals surface area (Å²) in [4.78, 5) is 24.3. The molecule has 2 amide bonds. The predicted octanol–water partition coefficient (Wildman–Crippen LogP) is 0.423. The molecule has 2 unspecified atom stereocenters. The summed E-state index contributed by atoms with van der Waals surface area (Å²) in [6.07, 6.45) is 1.96. The highest BCUT2D eigenvalue weighted by Gasteiger charge is 2.30. The number of aliphatic carboxylic acids is 1. The molecule has 1 aliphatic rings. The van der Waals surface area contributed by atoms with Crippen LogP contribution in [0.3, 0.4) is 0 Å². The lowest BCUT2D eigenvalue weighted by Gasteiger charge is -2.23. The highest BCUT2D eigenvalue weighted by Crippen LogP contribution is 2.19. The van der Waals surface area contributed by atoms with Crippen molar-refractivity contribution in [1.82, 2.24) is 10.2 Å². The molecule has 0 radical (unpaired) electrons. The average molecular weight is 288 g/mol. The number of carboxylic acids is 1.